The van der Waals surface area contributed by atoms with E-state index < -0.39 is 0 Å². The second kappa shape index (κ2) is 10.3. The average molecular weight is 453 g/mol. The van der Waals surface area contributed by atoms with Crippen molar-refractivity contribution in [3.8, 4) is 11.8 Å². The maximum atomic E-state index is 12.6. The van der Waals surface area contributed by atoms with E-state index in [1.54, 1.807) is 6.08 Å². The summed E-state index contributed by atoms with van der Waals surface area (Å²) < 4.78 is 6.64. The van der Waals surface area contributed by atoms with Crippen molar-refractivity contribution < 1.29 is 9.53 Å². The van der Waals surface area contributed by atoms with E-state index in [1.165, 1.54) is 6.42 Å². The van der Waals surface area contributed by atoms with Crippen LogP contribution in [0.2, 0.25) is 0 Å². The second-order valence-corrected chi connectivity index (χ2v) is 8.33. The minimum absolute atomic E-state index is 0.118. The zero-order valence-corrected chi connectivity index (χ0v) is 18.1. The molecule has 1 amide bonds. The molecule has 1 saturated carbocycles. The van der Waals surface area contributed by atoms with E-state index in [9.17, 15) is 10.1 Å². The molecule has 4 nitrogen and oxygen atoms in total. The second-order valence-electron chi connectivity index (χ2n) is 7.48. The van der Waals surface area contributed by atoms with Crippen LogP contribution < -0.4 is 10.1 Å². The van der Waals surface area contributed by atoms with Crippen molar-refractivity contribution in [2.45, 2.75) is 45.3 Å². The van der Waals surface area contributed by atoms with Crippen LogP contribution in [0.3, 0.4) is 0 Å². The fourth-order valence-corrected chi connectivity index (χ4v) is 4.06. The van der Waals surface area contributed by atoms with Crippen LogP contribution in [0, 0.1) is 17.2 Å². The van der Waals surface area contributed by atoms with Gasteiger partial charge >= 0.3 is 0 Å². The first kappa shape index (κ1) is 21.1. The topological polar surface area (TPSA) is 62.1 Å². The monoisotopic (exact) mass is 452 g/mol. The summed E-state index contributed by atoms with van der Waals surface area (Å²) in [5.41, 5.74) is 1.98. The molecule has 1 aliphatic carbocycles. The van der Waals surface area contributed by atoms with Gasteiger partial charge in [0.15, 0.2) is 0 Å². The van der Waals surface area contributed by atoms with Gasteiger partial charge in [-0.25, -0.2) is 0 Å². The molecule has 0 radical (unpaired) electrons. The molecule has 1 N–H and O–H groups in total. The van der Waals surface area contributed by atoms with Crippen LogP contribution >= 0.6 is 15.9 Å². The fraction of sp³-hybridized carbons (Fsp3) is 0.333. The molecule has 0 bridgehead atoms. The van der Waals surface area contributed by atoms with Gasteiger partial charge in [-0.2, -0.15) is 5.26 Å². The molecule has 1 aliphatic rings. The predicted octanol–water partition coefficient (Wildman–Crippen LogP) is 5.63. The molecule has 2 atom stereocenters. The van der Waals surface area contributed by atoms with Crippen molar-refractivity contribution in [2.75, 3.05) is 0 Å². The summed E-state index contributed by atoms with van der Waals surface area (Å²) in [7, 11) is 0. The third-order valence-electron chi connectivity index (χ3n) is 5.30. The Morgan fingerprint density at radius 2 is 2.00 bits per heavy atom. The number of nitrogens with zero attached hydrogens (tertiary/aromatic N) is 1. The molecule has 0 heterocycles. The number of amides is 1. The van der Waals surface area contributed by atoms with E-state index in [0.717, 1.165) is 34.9 Å². The van der Waals surface area contributed by atoms with Crippen LogP contribution in [0.4, 0.5) is 0 Å². The molecule has 0 aliphatic heterocycles. The zero-order valence-electron chi connectivity index (χ0n) is 16.5. The van der Waals surface area contributed by atoms with E-state index in [1.807, 2.05) is 54.6 Å². The van der Waals surface area contributed by atoms with Crippen LogP contribution in [0.5, 0.6) is 5.75 Å². The Morgan fingerprint density at radius 3 is 2.69 bits per heavy atom. The Kier molecular flexibility index (Phi) is 7.48. The van der Waals surface area contributed by atoms with Gasteiger partial charge in [0.1, 0.15) is 24.0 Å². The van der Waals surface area contributed by atoms with Crippen LogP contribution in [0.15, 0.2) is 58.6 Å². The van der Waals surface area contributed by atoms with Crippen molar-refractivity contribution in [1.82, 2.24) is 5.32 Å². The maximum absolute atomic E-state index is 12.6. The lowest BCUT2D eigenvalue weighted by atomic mass is 9.86. The normalized spacial score (nSPS) is 19.3. The summed E-state index contributed by atoms with van der Waals surface area (Å²) in [5, 5.41) is 12.5. The third-order valence-corrected chi connectivity index (χ3v) is 5.92. The van der Waals surface area contributed by atoms with Crippen LogP contribution in [0.1, 0.15) is 43.7 Å². The Hall–Kier alpha value is -2.58. The maximum Gasteiger partial charge on any atom is 0.262 e. The third kappa shape index (κ3) is 5.95. The van der Waals surface area contributed by atoms with Crippen molar-refractivity contribution in [2.24, 2.45) is 5.92 Å². The number of nitriles is 1. The van der Waals surface area contributed by atoms with Crippen LogP contribution in [0.25, 0.3) is 6.08 Å². The molecule has 0 unspecified atom stereocenters. The van der Waals surface area contributed by atoms with Gasteiger partial charge in [0.25, 0.3) is 5.91 Å². The average Bonchev–Trinajstić information content (AvgIpc) is 2.73. The van der Waals surface area contributed by atoms with Gasteiger partial charge in [-0.3, -0.25) is 4.79 Å². The van der Waals surface area contributed by atoms with Gasteiger partial charge in [-0.1, -0.05) is 56.2 Å². The van der Waals surface area contributed by atoms with Gasteiger partial charge < -0.3 is 10.1 Å². The highest BCUT2D eigenvalue weighted by molar-refractivity contribution is 9.10. The van der Waals surface area contributed by atoms with Gasteiger partial charge in [-0.05, 0) is 64.0 Å². The Balaban J connectivity index is 1.66. The Bertz CT molecular complexity index is 918. The Labute approximate surface area is 180 Å². The minimum Gasteiger partial charge on any atom is -0.488 e. The smallest absolute Gasteiger partial charge is 0.262 e. The van der Waals surface area contributed by atoms with Gasteiger partial charge in [-0.15, -0.1) is 0 Å². The number of hydrogen-bond acceptors (Lipinski definition) is 3. The summed E-state index contributed by atoms with van der Waals surface area (Å²) in [6.07, 6.45) is 6.05. The molecule has 2 aromatic rings. The highest BCUT2D eigenvalue weighted by Crippen LogP contribution is 2.28. The van der Waals surface area contributed by atoms with Gasteiger partial charge in [0.05, 0.1) is 4.47 Å². The van der Waals surface area contributed by atoms with Crippen molar-refractivity contribution in [3.63, 3.8) is 0 Å². The lowest BCUT2D eigenvalue weighted by molar-refractivity contribution is -0.118. The number of ether oxygens (including phenoxy) is 1. The van der Waals surface area contributed by atoms with Crippen molar-refractivity contribution in [3.05, 3.63) is 69.7 Å². The number of nitrogens with one attached hydrogen (secondary N) is 1. The number of carbonyl (C=O) groups excluding carboxylic acids is 1. The molecule has 3 rings (SSSR count). The van der Waals surface area contributed by atoms with Gasteiger partial charge in [0, 0.05) is 6.04 Å². The zero-order chi connectivity index (χ0) is 20.6. The summed E-state index contributed by atoms with van der Waals surface area (Å²) in [4.78, 5) is 12.6. The van der Waals surface area contributed by atoms with E-state index in [0.29, 0.717) is 18.3 Å². The van der Waals surface area contributed by atoms with E-state index in [4.69, 9.17) is 4.74 Å². The van der Waals surface area contributed by atoms with Crippen molar-refractivity contribution >= 4 is 27.9 Å². The van der Waals surface area contributed by atoms with Crippen molar-refractivity contribution in [1.29, 1.82) is 5.26 Å². The molecule has 0 spiro atoms. The first-order valence-corrected chi connectivity index (χ1v) is 10.7. The number of rotatable bonds is 6. The summed E-state index contributed by atoms with van der Waals surface area (Å²) in [6.45, 7) is 2.63. The number of benzene rings is 2. The van der Waals surface area contributed by atoms with Crippen LogP contribution in [-0.2, 0) is 11.4 Å². The highest BCUT2D eigenvalue weighted by atomic mass is 79.9. The van der Waals surface area contributed by atoms with E-state index in [2.05, 4.69) is 28.2 Å². The summed E-state index contributed by atoms with van der Waals surface area (Å²) >= 11 is 3.52. The molecule has 0 aromatic heterocycles. The lowest BCUT2D eigenvalue weighted by Gasteiger charge is -2.29. The lowest BCUT2D eigenvalue weighted by Crippen LogP contribution is -2.41. The first-order chi connectivity index (χ1) is 14.1. The fourth-order valence-electron chi connectivity index (χ4n) is 3.55. The standard InChI is InChI=1S/C24H25BrN2O2/c1-17-7-5-6-10-22(17)27-24(28)20(15-26)13-19-11-12-23(21(25)14-19)29-16-18-8-3-2-4-9-18/h2-4,8-9,11-14,17,22H,5-7,10,16H2,1H3,(H,27,28)/b20-13+/t17-,22+/m1/s1. The van der Waals surface area contributed by atoms with Gasteiger partial charge in [0.2, 0.25) is 0 Å². The minimum atomic E-state index is -0.299. The molecule has 1 fully saturated rings. The SMILES string of the molecule is C[C@@H]1CCCC[C@@H]1NC(=O)/C(C#N)=C/c1ccc(OCc2ccccc2)c(Br)c1. The summed E-state index contributed by atoms with van der Waals surface area (Å²) in [5.74, 6) is 0.861. The van der Waals surface area contributed by atoms with Crippen LogP contribution in [-0.4, -0.2) is 11.9 Å². The van der Waals surface area contributed by atoms with E-state index >= 15 is 0 Å². The molecule has 150 valence electrons. The summed E-state index contributed by atoms with van der Waals surface area (Å²) in [6, 6.07) is 17.7. The van der Waals surface area contributed by atoms with E-state index in [-0.39, 0.29) is 17.5 Å². The number of halogens is 1. The quantitative estimate of drug-likeness (QED) is 0.456. The molecular weight excluding hydrogens is 428 g/mol. The predicted molar refractivity (Wildman–Crippen MR) is 118 cm³/mol. The molecule has 5 heteroatoms. The number of hydrogen-bond donors (Lipinski definition) is 1. The molecule has 29 heavy (non-hydrogen) atoms. The molecular formula is C24H25BrN2O2. The largest absolute Gasteiger partial charge is 0.488 e. The molecule has 0 saturated heterocycles. The number of carbonyl (C=O) groups is 1. The highest BCUT2D eigenvalue weighted by Gasteiger charge is 2.24. The molecule has 2 aromatic carbocycles. The Morgan fingerprint density at radius 1 is 1.24 bits per heavy atom. The first-order valence-electron chi connectivity index (χ1n) is 9.95.